The first kappa shape index (κ1) is 16.5. The van der Waals surface area contributed by atoms with Crippen molar-refractivity contribution in [3.8, 4) is 0 Å². The van der Waals surface area contributed by atoms with Crippen molar-refractivity contribution in [2.24, 2.45) is 0 Å². The molecule has 1 atom stereocenters. The summed E-state index contributed by atoms with van der Waals surface area (Å²) in [7, 11) is 0. The minimum absolute atomic E-state index is 0.0533. The molecule has 0 aliphatic carbocycles. The number of amides is 1. The third-order valence-electron chi connectivity index (χ3n) is 3.46. The zero-order chi connectivity index (χ0) is 16.5. The fraction of sp³-hybridized carbons (Fsp3) is 0.562. The third kappa shape index (κ3) is 4.08. The summed E-state index contributed by atoms with van der Waals surface area (Å²) in [6, 6.07) is 3.42. The van der Waals surface area contributed by atoms with Crippen molar-refractivity contribution in [1.82, 2.24) is 4.90 Å². The van der Waals surface area contributed by atoms with Gasteiger partial charge in [0.1, 0.15) is 17.2 Å². The van der Waals surface area contributed by atoms with Crippen LogP contribution >= 0.6 is 0 Å². The molecular weight excluding hydrogens is 290 g/mol. The van der Waals surface area contributed by atoms with Gasteiger partial charge < -0.3 is 14.5 Å². The molecular formula is C16H22F2N2O2. The smallest absolute Gasteiger partial charge is 0.410 e. The van der Waals surface area contributed by atoms with Gasteiger partial charge in [-0.25, -0.2) is 13.6 Å². The second kappa shape index (κ2) is 6.10. The molecule has 0 saturated carbocycles. The number of nitrogens with zero attached hydrogens (tertiary/aromatic N) is 2. The van der Waals surface area contributed by atoms with Gasteiger partial charge in [-0.15, -0.1) is 0 Å². The fourth-order valence-electron chi connectivity index (χ4n) is 2.54. The monoisotopic (exact) mass is 312 g/mol. The third-order valence-corrected chi connectivity index (χ3v) is 3.46. The molecule has 22 heavy (non-hydrogen) atoms. The van der Waals surface area contributed by atoms with Crippen molar-refractivity contribution < 1.29 is 18.3 Å². The second-order valence-electron chi connectivity index (χ2n) is 6.60. The minimum Gasteiger partial charge on any atom is -0.444 e. The molecule has 0 aromatic heterocycles. The molecule has 1 aliphatic rings. The molecule has 1 aromatic carbocycles. The van der Waals surface area contributed by atoms with Gasteiger partial charge in [-0.1, -0.05) is 0 Å². The Morgan fingerprint density at radius 3 is 2.27 bits per heavy atom. The summed E-state index contributed by atoms with van der Waals surface area (Å²) in [6.45, 7) is 8.79. The van der Waals surface area contributed by atoms with Gasteiger partial charge in [0, 0.05) is 37.4 Å². The highest BCUT2D eigenvalue weighted by molar-refractivity contribution is 5.68. The number of carbonyl (C=O) groups is 1. The first-order chi connectivity index (χ1) is 10.2. The van der Waals surface area contributed by atoms with Crippen LogP contribution in [0.2, 0.25) is 0 Å². The Morgan fingerprint density at radius 1 is 1.18 bits per heavy atom. The van der Waals surface area contributed by atoms with Crippen LogP contribution in [0, 0.1) is 11.6 Å². The maximum absolute atomic E-state index is 13.3. The Morgan fingerprint density at radius 2 is 1.77 bits per heavy atom. The van der Waals surface area contributed by atoms with Crippen LogP contribution in [-0.2, 0) is 4.74 Å². The fourth-order valence-corrected chi connectivity index (χ4v) is 2.54. The van der Waals surface area contributed by atoms with E-state index in [2.05, 4.69) is 0 Å². The molecule has 1 aliphatic heterocycles. The summed E-state index contributed by atoms with van der Waals surface area (Å²) in [5.41, 5.74) is -0.0443. The van der Waals surface area contributed by atoms with E-state index in [0.717, 1.165) is 6.07 Å². The normalized spacial score (nSPS) is 19.3. The molecule has 4 nitrogen and oxygen atoms in total. The van der Waals surface area contributed by atoms with E-state index in [1.807, 2.05) is 32.6 Å². The Hall–Kier alpha value is -1.85. The zero-order valence-electron chi connectivity index (χ0n) is 13.4. The Kier molecular flexibility index (Phi) is 4.58. The highest BCUT2D eigenvalue weighted by atomic mass is 19.1. The summed E-state index contributed by atoms with van der Waals surface area (Å²) in [5.74, 6) is -1.20. The quantitative estimate of drug-likeness (QED) is 0.796. The lowest BCUT2D eigenvalue weighted by molar-refractivity contribution is 0.0218. The molecule has 1 fully saturated rings. The van der Waals surface area contributed by atoms with Gasteiger partial charge >= 0.3 is 6.09 Å². The predicted molar refractivity (Wildman–Crippen MR) is 81.0 cm³/mol. The highest BCUT2D eigenvalue weighted by Gasteiger charge is 2.30. The van der Waals surface area contributed by atoms with Crippen molar-refractivity contribution in [2.75, 3.05) is 24.5 Å². The molecule has 6 heteroatoms. The summed E-state index contributed by atoms with van der Waals surface area (Å²) >= 11 is 0. The molecule has 0 unspecified atom stereocenters. The van der Waals surface area contributed by atoms with E-state index in [1.165, 1.54) is 12.1 Å². The van der Waals surface area contributed by atoms with Crippen LogP contribution in [0.3, 0.4) is 0 Å². The lowest BCUT2D eigenvalue weighted by Gasteiger charge is -2.41. The molecule has 0 N–H and O–H groups in total. The van der Waals surface area contributed by atoms with E-state index in [9.17, 15) is 13.6 Å². The molecule has 1 aromatic rings. The van der Waals surface area contributed by atoms with Crippen LogP contribution in [-0.4, -0.2) is 42.3 Å². The average molecular weight is 312 g/mol. The predicted octanol–water partition coefficient (Wildman–Crippen LogP) is 3.41. The summed E-state index contributed by atoms with van der Waals surface area (Å²) in [4.78, 5) is 15.6. The first-order valence-corrected chi connectivity index (χ1v) is 7.36. The molecule has 1 amide bonds. The van der Waals surface area contributed by atoms with E-state index in [1.54, 1.807) is 4.90 Å². The van der Waals surface area contributed by atoms with Crippen molar-refractivity contribution >= 4 is 11.8 Å². The maximum atomic E-state index is 13.3. The van der Waals surface area contributed by atoms with E-state index in [0.29, 0.717) is 25.3 Å². The molecule has 122 valence electrons. The van der Waals surface area contributed by atoms with Gasteiger partial charge in [-0.2, -0.15) is 0 Å². The molecule has 1 heterocycles. The second-order valence-corrected chi connectivity index (χ2v) is 6.60. The van der Waals surface area contributed by atoms with E-state index >= 15 is 0 Å². The lowest BCUT2D eigenvalue weighted by Crippen LogP contribution is -2.54. The van der Waals surface area contributed by atoms with Crippen LogP contribution in [0.4, 0.5) is 19.3 Å². The average Bonchev–Trinajstić information content (AvgIpc) is 2.35. The van der Waals surface area contributed by atoms with Gasteiger partial charge in [-0.05, 0) is 39.8 Å². The Bertz CT molecular complexity index is 537. The maximum Gasteiger partial charge on any atom is 0.410 e. The molecule has 2 rings (SSSR count). The number of piperazine rings is 1. The number of benzene rings is 1. The standard InChI is InChI=1S/C16H22F2N2O2/c1-11-10-19(15(21)22-16(2,3)4)5-6-20(11)14-8-12(17)7-13(18)9-14/h7-9,11H,5-6,10H2,1-4H3/t11-/m0/s1. The van der Waals surface area contributed by atoms with Crippen LogP contribution in [0.5, 0.6) is 0 Å². The number of carbonyl (C=O) groups excluding carboxylic acids is 1. The van der Waals surface area contributed by atoms with E-state index in [-0.39, 0.29) is 12.1 Å². The number of halogens is 2. The Balaban J connectivity index is 2.05. The van der Waals surface area contributed by atoms with Crippen LogP contribution < -0.4 is 4.90 Å². The van der Waals surface area contributed by atoms with E-state index < -0.39 is 17.2 Å². The minimum atomic E-state index is -0.600. The highest BCUT2D eigenvalue weighted by Crippen LogP contribution is 2.23. The first-order valence-electron chi connectivity index (χ1n) is 7.36. The number of ether oxygens (including phenoxy) is 1. The SMILES string of the molecule is C[C@H]1CN(C(=O)OC(C)(C)C)CCN1c1cc(F)cc(F)c1. The van der Waals surface area contributed by atoms with Crippen molar-refractivity contribution in [3.63, 3.8) is 0 Å². The van der Waals surface area contributed by atoms with Gasteiger partial charge in [0.05, 0.1) is 0 Å². The van der Waals surface area contributed by atoms with E-state index in [4.69, 9.17) is 4.74 Å². The topological polar surface area (TPSA) is 32.8 Å². The molecule has 0 bridgehead atoms. The number of anilines is 1. The van der Waals surface area contributed by atoms with Gasteiger partial charge in [0.15, 0.2) is 0 Å². The number of hydrogen-bond acceptors (Lipinski definition) is 3. The molecule has 0 spiro atoms. The van der Waals surface area contributed by atoms with Crippen LogP contribution in [0.25, 0.3) is 0 Å². The summed E-state index contributed by atoms with van der Waals surface area (Å²) in [6.07, 6.45) is -0.357. The number of hydrogen-bond donors (Lipinski definition) is 0. The summed E-state index contributed by atoms with van der Waals surface area (Å²) in [5, 5.41) is 0. The lowest BCUT2D eigenvalue weighted by atomic mass is 10.1. The molecule has 1 saturated heterocycles. The van der Waals surface area contributed by atoms with Gasteiger partial charge in [0.2, 0.25) is 0 Å². The van der Waals surface area contributed by atoms with Crippen molar-refractivity contribution in [1.29, 1.82) is 0 Å². The molecule has 0 radical (unpaired) electrons. The van der Waals surface area contributed by atoms with Gasteiger partial charge in [-0.3, -0.25) is 0 Å². The van der Waals surface area contributed by atoms with Crippen LogP contribution in [0.15, 0.2) is 18.2 Å². The van der Waals surface area contributed by atoms with Crippen molar-refractivity contribution in [3.05, 3.63) is 29.8 Å². The largest absolute Gasteiger partial charge is 0.444 e. The van der Waals surface area contributed by atoms with Gasteiger partial charge in [0.25, 0.3) is 0 Å². The Labute approximate surface area is 129 Å². The van der Waals surface area contributed by atoms with Crippen molar-refractivity contribution in [2.45, 2.75) is 39.3 Å². The number of rotatable bonds is 1. The van der Waals surface area contributed by atoms with Crippen LogP contribution in [0.1, 0.15) is 27.7 Å². The zero-order valence-corrected chi connectivity index (χ0v) is 13.4. The summed E-state index contributed by atoms with van der Waals surface area (Å²) < 4.78 is 32.1.